The Labute approximate surface area is 178 Å². The zero-order valence-corrected chi connectivity index (χ0v) is 17.7. The third kappa shape index (κ3) is 4.45. The summed E-state index contributed by atoms with van der Waals surface area (Å²) in [5.41, 5.74) is 1.95. The Kier molecular flexibility index (Phi) is 5.85. The van der Waals surface area contributed by atoms with Crippen LogP contribution in [0.3, 0.4) is 0 Å². The third-order valence-corrected chi connectivity index (χ3v) is 6.75. The average Bonchev–Trinajstić information content (AvgIpc) is 3.06. The summed E-state index contributed by atoms with van der Waals surface area (Å²) >= 11 is 7.89. The molecule has 0 spiro atoms. The molecule has 0 radical (unpaired) electrons. The molecule has 0 bridgehead atoms. The predicted octanol–water partition coefficient (Wildman–Crippen LogP) is 4.26. The highest BCUT2D eigenvalue weighted by molar-refractivity contribution is 7.21. The molecule has 0 unspecified atom stereocenters. The van der Waals surface area contributed by atoms with E-state index in [2.05, 4.69) is 10.2 Å². The van der Waals surface area contributed by atoms with Crippen molar-refractivity contribution in [2.45, 2.75) is 6.92 Å². The Morgan fingerprint density at radius 3 is 2.41 bits per heavy atom. The molecule has 2 heterocycles. The summed E-state index contributed by atoms with van der Waals surface area (Å²) in [6, 6.07) is 15.5. The van der Waals surface area contributed by atoms with E-state index in [1.807, 2.05) is 60.4 Å². The maximum absolute atomic E-state index is 12.9. The number of amides is 2. The Morgan fingerprint density at radius 2 is 1.72 bits per heavy atom. The van der Waals surface area contributed by atoms with Crippen molar-refractivity contribution in [1.29, 1.82) is 0 Å². The first-order valence-corrected chi connectivity index (χ1v) is 10.8. The van der Waals surface area contributed by atoms with Crippen LogP contribution >= 0.6 is 22.9 Å². The number of carbonyl (C=O) groups excluding carboxylic acids is 2. The second kappa shape index (κ2) is 8.53. The standard InChI is InChI=1S/C22H22ClN3O2S/c1-15-6-8-16(9-7-15)24-19(27)14-25-10-12-26(13-11-25)22(28)21-20(23)17-4-2-3-5-18(17)29-21/h2-9H,10-14H2,1H3,(H,24,27). The molecule has 29 heavy (non-hydrogen) atoms. The number of fused-ring (bicyclic) bond motifs is 1. The molecular formula is C22H22ClN3O2S. The van der Waals surface area contributed by atoms with Gasteiger partial charge in [0.1, 0.15) is 4.88 Å². The molecule has 5 nitrogen and oxygen atoms in total. The topological polar surface area (TPSA) is 52.7 Å². The van der Waals surface area contributed by atoms with Gasteiger partial charge >= 0.3 is 0 Å². The summed E-state index contributed by atoms with van der Waals surface area (Å²) in [5.74, 6) is -0.0684. The minimum Gasteiger partial charge on any atom is -0.335 e. The van der Waals surface area contributed by atoms with Gasteiger partial charge in [-0.1, -0.05) is 47.5 Å². The molecule has 1 fully saturated rings. The van der Waals surface area contributed by atoms with Crippen LogP contribution in [0.5, 0.6) is 0 Å². The Morgan fingerprint density at radius 1 is 1.03 bits per heavy atom. The van der Waals surface area contributed by atoms with Crippen LogP contribution in [0.25, 0.3) is 10.1 Å². The van der Waals surface area contributed by atoms with Crippen molar-refractivity contribution in [1.82, 2.24) is 9.80 Å². The van der Waals surface area contributed by atoms with Crippen LogP contribution in [0.15, 0.2) is 48.5 Å². The third-order valence-electron chi connectivity index (χ3n) is 5.09. The molecular weight excluding hydrogens is 406 g/mol. The molecule has 2 amide bonds. The average molecular weight is 428 g/mol. The number of nitrogens with zero attached hydrogens (tertiary/aromatic N) is 2. The molecule has 3 aromatic rings. The van der Waals surface area contributed by atoms with Gasteiger partial charge in [0.15, 0.2) is 0 Å². The number of anilines is 1. The minimum absolute atomic E-state index is 0.0278. The molecule has 1 aromatic heterocycles. The van der Waals surface area contributed by atoms with E-state index < -0.39 is 0 Å². The zero-order chi connectivity index (χ0) is 20.4. The number of carbonyl (C=O) groups is 2. The van der Waals surface area contributed by atoms with Gasteiger partial charge in [-0.2, -0.15) is 0 Å². The maximum Gasteiger partial charge on any atom is 0.265 e. The van der Waals surface area contributed by atoms with Crippen LogP contribution in [0.1, 0.15) is 15.2 Å². The molecule has 4 rings (SSSR count). The van der Waals surface area contributed by atoms with E-state index in [0.29, 0.717) is 42.6 Å². The molecule has 1 aliphatic heterocycles. The van der Waals surface area contributed by atoms with E-state index in [-0.39, 0.29) is 11.8 Å². The Bertz CT molecular complexity index is 1040. The Balaban J connectivity index is 1.32. The lowest BCUT2D eigenvalue weighted by molar-refractivity contribution is -0.117. The van der Waals surface area contributed by atoms with Crippen LogP contribution in [0.2, 0.25) is 5.02 Å². The van der Waals surface area contributed by atoms with Crippen LogP contribution in [-0.2, 0) is 4.79 Å². The number of halogens is 1. The van der Waals surface area contributed by atoms with Gasteiger partial charge in [0.2, 0.25) is 5.91 Å². The number of piperazine rings is 1. The van der Waals surface area contributed by atoms with E-state index in [0.717, 1.165) is 21.3 Å². The van der Waals surface area contributed by atoms with Gasteiger partial charge in [0.25, 0.3) is 5.91 Å². The predicted molar refractivity (Wildman–Crippen MR) is 119 cm³/mol. The van der Waals surface area contributed by atoms with Crippen molar-refractivity contribution in [2.75, 3.05) is 38.0 Å². The fraction of sp³-hybridized carbons (Fsp3) is 0.273. The van der Waals surface area contributed by atoms with Gasteiger partial charge in [0, 0.05) is 42.0 Å². The number of rotatable bonds is 4. The summed E-state index contributed by atoms with van der Waals surface area (Å²) in [5, 5.41) is 4.38. The quantitative estimate of drug-likeness (QED) is 0.676. The van der Waals surface area contributed by atoms with E-state index >= 15 is 0 Å². The number of nitrogens with one attached hydrogen (secondary N) is 1. The van der Waals surface area contributed by atoms with Gasteiger partial charge in [-0.25, -0.2) is 0 Å². The monoisotopic (exact) mass is 427 g/mol. The second-order valence-corrected chi connectivity index (χ2v) is 8.65. The van der Waals surface area contributed by atoms with Gasteiger partial charge in [-0.15, -0.1) is 11.3 Å². The molecule has 1 saturated heterocycles. The number of hydrogen-bond donors (Lipinski definition) is 1. The van der Waals surface area contributed by atoms with Crippen molar-refractivity contribution in [3.05, 3.63) is 64.0 Å². The van der Waals surface area contributed by atoms with Crippen LogP contribution < -0.4 is 5.32 Å². The molecule has 0 atom stereocenters. The number of aryl methyl sites for hydroxylation is 1. The van der Waals surface area contributed by atoms with E-state index in [4.69, 9.17) is 11.6 Å². The van der Waals surface area contributed by atoms with Crippen LogP contribution in [0.4, 0.5) is 5.69 Å². The Hall–Kier alpha value is -2.41. The molecule has 7 heteroatoms. The van der Waals surface area contributed by atoms with Crippen molar-refractivity contribution in [3.63, 3.8) is 0 Å². The number of benzene rings is 2. The van der Waals surface area contributed by atoms with Gasteiger partial charge in [0.05, 0.1) is 11.6 Å². The lowest BCUT2D eigenvalue weighted by Gasteiger charge is -2.34. The summed E-state index contributed by atoms with van der Waals surface area (Å²) in [6.45, 7) is 4.82. The SMILES string of the molecule is Cc1ccc(NC(=O)CN2CCN(C(=O)c3sc4ccccc4c3Cl)CC2)cc1. The minimum atomic E-state index is -0.0406. The first-order chi connectivity index (χ1) is 14.0. The van der Waals surface area contributed by atoms with Crippen molar-refractivity contribution >= 4 is 50.5 Å². The molecule has 1 N–H and O–H groups in total. The summed E-state index contributed by atoms with van der Waals surface area (Å²) in [4.78, 5) is 29.7. The van der Waals surface area contributed by atoms with Crippen molar-refractivity contribution in [3.8, 4) is 0 Å². The van der Waals surface area contributed by atoms with Crippen molar-refractivity contribution in [2.24, 2.45) is 0 Å². The smallest absolute Gasteiger partial charge is 0.265 e. The summed E-state index contributed by atoms with van der Waals surface area (Å²) in [7, 11) is 0. The van der Waals surface area contributed by atoms with E-state index in [9.17, 15) is 9.59 Å². The maximum atomic E-state index is 12.9. The normalized spacial score (nSPS) is 14.9. The van der Waals surface area contributed by atoms with Crippen molar-refractivity contribution < 1.29 is 9.59 Å². The molecule has 0 saturated carbocycles. The van der Waals surface area contributed by atoms with E-state index in [1.165, 1.54) is 11.3 Å². The number of hydrogen-bond acceptors (Lipinski definition) is 4. The second-order valence-electron chi connectivity index (χ2n) is 7.22. The lowest BCUT2D eigenvalue weighted by Crippen LogP contribution is -2.50. The first kappa shape index (κ1) is 19.9. The largest absolute Gasteiger partial charge is 0.335 e. The fourth-order valence-corrected chi connectivity index (χ4v) is 4.92. The lowest BCUT2D eigenvalue weighted by atomic mass is 10.2. The van der Waals surface area contributed by atoms with Crippen LogP contribution in [0, 0.1) is 6.92 Å². The molecule has 150 valence electrons. The summed E-state index contributed by atoms with van der Waals surface area (Å²) in [6.07, 6.45) is 0. The molecule has 1 aliphatic rings. The first-order valence-electron chi connectivity index (χ1n) is 9.56. The molecule has 0 aliphatic carbocycles. The van der Waals surface area contributed by atoms with Gasteiger partial charge in [-0.3, -0.25) is 14.5 Å². The zero-order valence-electron chi connectivity index (χ0n) is 16.2. The summed E-state index contributed by atoms with van der Waals surface area (Å²) < 4.78 is 1.02. The highest BCUT2D eigenvalue weighted by Crippen LogP contribution is 2.36. The van der Waals surface area contributed by atoms with Crippen LogP contribution in [-0.4, -0.2) is 54.3 Å². The van der Waals surface area contributed by atoms with E-state index in [1.54, 1.807) is 0 Å². The number of thiophene rings is 1. The van der Waals surface area contributed by atoms with Gasteiger partial charge < -0.3 is 10.2 Å². The molecule has 2 aromatic carbocycles. The van der Waals surface area contributed by atoms with Gasteiger partial charge in [-0.05, 0) is 25.1 Å². The highest BCUT2D eigenvalue weighted by atomic mass is 35.5. The fourth-order valence-electron chi connectivity index (χ4n) is 3.44. The highest BCUT2D eigenvalue weighted by Gasteiger charge is 2.26.